The summed E-state index contributed by atoms with van der Waals surface area (Å²) in [5, 5.41) is 4.62. The number of amides is 1. The second-order valence-electron chi connectivity index (χ2n) is 9.30. The molecule has 2 aromatic rings. The monoisotopic (exact) mass is 457 g/mol. The van der Waals surface area contributed by atoms with Crippen molar-refractivity contribution in [2.24, 2.45) is 13.0 Å². The maximum Gasteiger partial charge on any atom is 0.410 e. The minimum Gasteiger partial charge on any atom is -0.444 e. The van der Waals surface area contributed by atoms with Gasteiger partial charge in [-0.15, -0.1) is 0 Å². The Morgan fingerprint density at radius 2 is 2.00 bits per heavy atom. The van der Waals surface area contributed by atoms with E-state index in [1.165, 1.54) is 0 Å². The average Bonchev–Trinajstić information content (AvgIpc) is 3.15. The predicted octanol–water partition coefficient (Wildman–Crippen LogP) is 4.34. The van der Waals surface area contributed by atoms with Gasteiger partial charge in [-0.25, -0.2) is 9.78 Å². The Hall–Kier alpha value is -2.72. The summed E-state index contributed by atoms with van der Waals surface area (Å²) in [4.78, 5) is 20.4. The first-order chi connectivity index (χ1) is 15.1. The van der Waals surface area contributed by atoms with E-state index < -0.39 is 5.60 Å². The molecule has 0 radical (unpaired) electrons. The number of aryl methyl sites for hydroxylation is 1. The van der Waals surface area contributed by atoms with Gasteiger partial charge in [-0.1, -0.05) is 23.4 Å². The SMILES string of the molecule is CN(CCC1CCN(c2cc(Cl)ncc2C#Cc2cnn(C)c2)CC1)C(=O)OC(C)(C)C. The van der Waals surface area contributed by atoms with Crippen LogP contribution in [-0.4, -0.2) is 58.0 Å². The lowest BCUT2D eigenvalue weighted by Crippen LogP contribution is -2.37. The Bertz CT molecular complexity index is 994. The van der Waals surface area contributed by atoms with E-state index >= 15 is 0 Å². The second-order valence-corrected chi connectivity index (χ2v) is 9.69. The van der Waals surface area contributed by atoms with Gasteiger partial charge in [0.2, 0.25) is 0 Å². The highest BCUT2D eigenvalue weighted by atomic mass is 35.5. The lowest BCUT2D eigenvalue weighted by Gasteiger charge is -2.35. The molecule has 7 nitrogen and oxygen atoms in total. The van der Waals surface area contributed by atoms with Crippen LogP contribution in [0.3, 0.4) is 0 Å². The molecule has 1 aliphatic rings. The molecule has 172 valence electrons. The molecule has 1 saturated heterocycles. The Morgan fingerprint density at radius 1 is 1.28 bits per heavy atom. The van der Waals surface area contributed by atoms with Crippen LogP contribution < -0.4 is 4.90 Å². The summed E-state index contributed by atoms with van der Waals surface area (Å²) in [5.74, 6) is 6.95. The summed E-state index contributed by atoms with van der Waals surface area (Å²) in [6.07, 6.45) is 8.18. The van der Waals surface area contributed by atoms with Crippen molar-refractivity contribution in [3.63, 3.8) is 0 Å². The van der Waals surface area contributed by atoms with Crippen molar-refractivity contribution in [3.8, 4) is 11.8 Å². The molecule has 2 aromatic heterocycles. The first-order valence-corrected chi connectivity index (χ1v) is 11.3. The van der Waals surface area contributed by atoms with E-state index in [2.05, 4.69) is 26.8 Å². The molecule has 8 heteroatoms. The molecule has 0 aliphatic carbocycles. The minimum absolute atomic E-state index is 0.266. The quantitative estimate of drug-likeness (QED) is 0.504. The predicted molar refractivity (Wildman–Crippen MR) is 127 cm³/mol. The molecular weight excluding hydrogens is 426 g/mol. The molecule has 1 amide bonds. The molecule has 1 fully saturated rings. The van der Waals surface area contributed by atoms with E-state index in [0.717, 1.165) is 49.2 Å². The zero-order chi connectivity index (χ0) is 23.3. The van der Waals surface area contributed by atoms with E-state index in [1.807, 2.05) is 40.1 Å². The molecule has 0 atom stereocenters. The maximum atomic E-state index is 12.2. The van der Waals surface area contributed by atoms with Gasteiger partial charge in [0.25, 0.3) is 0 Å². The van der Waals surface area contributed by atoms with E-state index in [0.29, 0.717) is 17.6 Å². The van der Waals surface area contributed by atoms with Crippen molar-refractivity contribution in [1.82, 2.24) is 19.7 Å². The number of nitrogens with zero attached hydrogens (tertiary/aromatic N) is 5. The molecule has 3 rings (SSSR count). The van der Waals surface area contributed by atoms with Crippen LogP contribution in [0.2, 0.25) is 5.15 Å². The molecule has 0 aromatic carbocycles. The molecule has 0 N–H and O–H groups in total. The van der Waals surface area contributed by atoms with E-state index in [1.54, 1.807) is 29.0 Å². The van der Waals surface area contributed by atoms with Gasteiger partial charge >= 0.3 is 6.09 Å². The van der Waals surface area contributed by atoms with Gasteiger partial charge in [0.05, 0.1) is 23.0 Å². The van der Waals surface area contributed by atoms with Gasteiger partial charge in [0.1, 0.15) is 10.8 Å². The Balaban J connectivity index is 1.58. The van der Waals surface area contributed by atoms with Crippen molar-refractivity contribution in [2.45, 2.75) is 45.6 Å². The van der Waals surface area contributed by atoms with Crippen LogP contribution in [0.1, 0.15) is 51.2 Å². The number of rotatable bonds is 4. The Kier molecular flexibility index (Phi) is 7.68. The lowest BCUT2D eigenvalue weighted by molar-refractivity contribution is 0.0288. The van der Waals surface area contributed by atoms with Crippen molar-refractivity contribution >= 4 is 23.4 Å². The van der Waals surface area contributed by atoms with Gasteiger partial charge in [0, 0.05) is 52.2 Å². The van der Waals surface area contributed by atoms with Crippen molar-refractivity contribution in [2.75, 3.05) is 31.6 Å². The summed E-state index contributed by atoms with van der Waals surface area (Å²) in [6, 6.07) is 1.89. The summed E-state index contributed by atoms with van der Waals surface area (Å²) >= 11 is 6.20. The first-order valence-electron chi connectivity index (χ1n) is 11.0. The highest BCUT2D eigenvalue weighted by molar-refractivity contribution is 6.29. The number of aromatic nitrogens is 3. The molecule has 32 heavy (non-hydrogen) atoms. The molecule has 1 aliphatic heterocycles. The lowest BCUT2D eigenvalue weighted by atomic mass is 9.93. The molecule has 0 saturated carbocycles. The topological polar surface area (TPSA) is 63.5 Å². The average molecular weight is 458 g/mol. The van der Waals surface area contributed by atoms with Crippen LogP contribution in [0.25, 0.3) is 0 Å². The summed E-state index contributed by atoms with van der Waals surface area (Å²) in [5.41, 5.74) is 2.27. The summed E-state index contributed by atoms with van der Waals surface area (Å²) in [6.45, 7) is 8.19. The van der Waals surface area contributed by atoms with Gasteiger partial charge in [0.15, 0.2) is 0 Å². The molecular formula is C24H32ClN5O2. The third-order valence-electron chi connectivity index (χ3n) is 5.43. The number of carbonyl (C=O) groups is 1. The van der Waals surface area contributed by atoms with E-state index in [9.17, 15) is 4.79 Å². The number of hydrogen-bond donors (Lipinski definition) is 0. The number of piperidine rings is 1. The maximum absolute atomic E-state index is 12.2. The number of anilines is 1. The van der Waals surface area contributed by atoms with Crippen molar-refractivity contribution < 1.29 is 9.53 Å². The first kappa shape index (κ1) is 23.9. The van der Waals surface area contributed by atoms with Crippen molar-refractivity contribution in [3.05, 3.63) is 40.9 Å². The van der Waals surface area contributed by atoms with Crippen LogP contribution in [0.4, 0.5) is 10.5 Å². The number of pyridine rings is 1. The van der Waals surface area contributed by atoms with Crippen LogP contribution in [0.15, 0.2) is 24.7 Å². The molecule has 0 unspecified atom stereocenters. The smallest absolute Gasteiger partial charge is 0.410 e. The summed E-state index contributed by atoms with van der Waals surface area (Å²) < 4.78 is 7.17. The highest BCUT2D eigenvalue weighted by Gasteiger charge is 2.24. The fourth-order valence-corrected chi connectivity index (χ4v) is 3.83. The normalized spacial score (nSPS) is 14.6. The minimum atomic E-state index is -0.472. The Labute approximate surface area is 195 Å². The van der Waals surface area contributed by atoms with E-state index in [4.69, 9.17) is 16.3 Å². The number of halogens is 1. The summed E-state index contributed by atoms with van der Waals surface area (Å²) in [7, 11) is 3.67. The Morgan fingerprint density at radius 3 is 2.62 bits per heavy atom. The second kappa shape index (κ2) is 10.3. The van der Waals surface area contributed by atoms with Crippen molar-refractivity contribution in [1.29, 1.82) is 0 Å². The fraction of sp³-hybridized carbons (Fsp3) is 0.542. The van der Waals surface area contributed by atoms with Gasteiger partial charge in [-0.05, 0) is 46.0 Å². The fourth-order valence-electron chi connectivity index (χ4n) is 3.67. The molecule has 3 heterocycles. The number of hydrogen-bond acceptors (Lipinski definition) is 5. The standard InChI is InChI=1S/C24H32ClN5O2/c1-24(2,3)32-23(31)28(4)11-8-18-9-12-30(13-10-18)21-14-22(25)26-16-20(21)7-6-19-15-27-29(5)17-19/h14-18H,8-13H2,1-5H3. The van der Waals surface area contributed by atoms with Gasteiger partial charge in [-0.3, -0.25) is 4.68 Å². The third kappa shape index (κ3) is 6.89. The van der Waals surface area contributed by atoms with E-state index in [-0.39, 0.29) is 6.09 Å². The molecule has 0 bridgehead atoms. The molecule has 0 spiro atoms. The zero-order valence-electron chi connectivity index (χ0n) is 19.6. The van der Waals surface area contributed by atoms with Gasteiger partial charge < -0.3 is 14.5 Å². The highest BCUT2D eigenvalue weighted by Crippen LogP contribution is 2.29. The number of ether oxygens (including phenoxy) is 1. The largest absolute Gasteiger partial charge is 0.444 e. The third-order valence-corrected chi connectivity index (χ3v) is 5.63. The zero-order valence-corrected chi connectivity index (χ0v) is 20.3. The van der Waals surface area contributed by atoms with Crippen LogP contribution in [0.5, 0.6) is 0 Å². The van der Waals surface area contributed by atoms with Crippen LogP contribution in [0, 0.1) is 17.8 Å². The number of carbonyl (C=O) groups excluding carboxylic acids is 1. The van der Waals surface area contributed by atoms with Gasteiger partial charge in [-0.2, -0.15) is 5.10 Å². The van der Waals surface area contributed by atoms with Crippen LogP contribution in [-0.2, 0) is 11.8 Å². The van der Waals surface area contributed by atoms with Crippen LogP contribution >= 0.6 is 11.6 Å².